The first-order valence-corrected chi connectivity index (χ1v) is 6.89. The van der Waals surface area contributed by atoms with E-state index in [0.717, 1.165) is 0 Å². The van der Waals surface area contributed by atoms with Crippen molar-refractivity contribution < 1.29 is 48.2 Å². The summed E-state index contributed by atoms with van der Waals surface area (Å²) in [6.45, 7) is 0. The molecule has 74 valence electrons. The zero-order valence-electron chi connectivity index (χ0n) is 7.04. The fourth-order valence-corrected chi connectivity index (χ4v) is 1.91. The molecule has 0 spiro atoms. The van der Waals surface area contributed by atoms with Crippen molar-refractivity contribution in [3.05, 3.63) is 0 Å². The van der Waals surface area contributed by atoms with Gasteiger partial charge in [0.1, 0.15) is 0 Å². The molecule has 0 aliphatic heterocycles. The van der Waals surface area contributed by atoms with Gasteiger partial charge in [-0.15, -0.1) is 0 Å². The van der Waals surface area contributed by atoms with E-state index in [1.54, 1.807) is 0 Å². The van der Waals surface area contributed by atoms with Gasteiger partial charge in [0.2, 0.25) is 0 Å². The van der Waals surface area contributed by atoms with E-state index in [0.29, 0.717) is 0 Å². The Kier molecular flexibility index (Phi) is 8.07. The number of hydrogen-bond donors (Lipinski definition) is 4. The van der Waals surface area contributed by atoms with Gasteiger partial charge in [0.25, 0.3) is 0 Å². The second-order valence-electron chi connectivity index (χ2n) is 2.48. The van der Waals surface area contributed by atoms with Gasteiger partial charge in [0, 0.05) is 12.3 Å². The average Bonchev–Trinajstić information content (AvgIpc) is 1.76. The molecule has 6 nitrogen and oxygen atoms in total. The molecule has 0 atom stereocenters. The molecule has 0 aliphatic carbocycles. The maximum atomic E-state index is 10.3. The van der Waals surface area contributed by atoms with Crippen LogP contribution < -0.4 is 0 Å². The van der Waals surface area contributed by atoms with Gasteiger partial charge in [-0.05, 0) is 12.8 Å². The van der Waals surface area contributed by atoms with E-state index >= 15 is 0 Å². The second kappa shape index (κ2) is 6.42. The molecular weight excluding hydrogens is 271 g/mol. The van der Waals surface area contributed by atoms with Gasteiger partial charge in [-0.25, -0.2) is 0 Å². The van der Waals surface area contributed by atoms with Crippen LogP contribution in [0.2, 0.25) is 0 Å². The molecule has 0 saturated carbocycles. The zero-order chi connectivity index (χ0) is 9.83. The molecule has 9 heteroatoms. The van der Waals surface area contributed by atoms with Crippen molar-refractivity contribution >= 4 is 15.2 Å². The molecule has 13 heavy (non-hydrogen) atoms. The fourth-order valence-electron chi connectivity index (χ4n) is 0.636. The van der Waals surface area contributed by atoms with Crippen LogP contribution in [0.25, 0.3) is 0 Å². The molecule has 0 fully saturated rings. The molecule has 4 N–H and O–H groups in total. The van der Waals surface area contributed by atoms with E-state index in [2.05, 4.69) is 0 Å². The molecule has 0 saturated heterocycles. The minimum atomic E-state index is -4.00. The molecule has 0 radical (unpaired) electrons. The van der Waals surface area contributed by atoms with Crippen LogP contribution >= 0.6 is 15.2 Å². The Bertz CT molecular complexity index is 195. The van der Waals surface area contributed by atoms with Crippen LogP contribution in [0.4, 0.5) is 0 Å². The van der Waals surface area contributed by atoms with Gasteiger partial charge in [-0.3, -0.25) is 9.13 Å². The topological polar surface area (TPSA) is 115 Å². The average molecular weight is 283 g/mol. The zero-order valence-corrected chi connectivity index (χ0v) is 11.8. The summed E-state index contributed by atoms with van der Waals surface area (Å²) in [5, 5.41) is 0. The van der Waals surface area contributed by atoms with Gasteiger partial charge in [-0.1, -0.05) is 0 Å². The molecule has 0 aromatic carbocycles. The Morgan fingerprint density at radius 2 is 1.00 bits per heavy atom. The maximum absolute atomic E-state index is 10.3. The Morgan fingerprint density at radius 3 is 1.15 bits per heavy atom. The summed E-state index contributed by atoms with van der Waals surface area (Å²) >= 11 is 0. The van der Waals surface area contributed by atoms with Crippen molar-refractivity contribution in [2.45, 2.75) is 12.8 Å². The SMILES string of the molecule is O=P(O)(O)CCCCP(=O)(O)O.[Zn+2]. The third-order valence-electron chi connectivity index (χ3n) is 1.15. The van der Waals surface area contributed by atoms with Gasteiger partial charge < -0.3 is 19.6 Å². The normalized spacial score (nSPS) is 12.3. The summed E-state index contributed by atoms with van der Waals surface area (Å²) in [6.07, 6.45) is -0.356. The van der Waals surface area contributed by atoms with E-state index in [1.165, 1.54) is 0 Å². The van der Waals surface area contributed by atoms with E-state index in [1.807, 2.05) is 0 Å². The molecule has 0 aliphatic rings. The monoisotopic (exact) mass is 282 g/mol. The van der Waals surface area contributed by atoms with Crippen LogP contribution in [-0.2, 0) is 28.6 Å². The summed E-state index contributed by atoms with van der Waals surface area (Å²) in [6, 6.07) is 0. The predicted octanol–water partition coefficient (Wildman–Crippen LogP) is 0.119. The van der Waals surface area contributed by atoms with Crippen molar-refractivity contribution in [1.82, 2.24) is 0 Å². The first-order valence-electron chi connectivity index (χ1n) is 3.30. The largest absolute Gasteiger partial charge is 2.00 e. The minimum absolute atomic E-state index is 0. The van der Waals surface area contributed by atoms with Crippen LogP contribution in [0, 0.1) is 0 Å². The number of rotatable bonds is 5. The Balaban J connectivity index is 0. The van der Waals surface area contributed by atoms with Crippen LogP contribution in [0.15, 0.2) is 0 Å². The van der Waals surface area contributed by atoms with Crippen molar-refractivity contribution in [3.63, 3.8) is 0 Å². The van der Waals surface area contributed by atoms with E-state index < -0.39 is 15.2 Å². The molecule has 0 aromatic rings. The first kappa shape index (κ1) is 16.4. The summed E-state index contributed by atoms with van der Waals surface area (Å²) in [5.41, 5.74) is 0. The second-order valence-corrected chi connectivity index (χ2v) is 6.04. The number of hydrogen-bond acceptors (Lipinski definition) is 2. The Hall–Kier alpha value is 0.923. The minimum Gasteiger partial charge on any atom is -0.324 e. The number of unbranched alkanes of at least 4 members (excludes halogenated alkanes) is 1. The van der Waals surface area contributed by atoms with Crippen molar-refractivity contribution in [2.24, 2.45) is 0 Å². The molecule has 0 heterocycles. The van der Waals surface area contributed by atoms with Crippen molar-refractivity contribution in [2.75, 3.05) is 12.3 Å². The predicted molar refractivity (Wildman–Crippen MR) is 43.1 cm³/mol. The molecule has 0 rings (SSSR count). The quantitative estimate of drug-likeness (QED) is 0.324. The Morgan fingerprint density at radius 1 is 0.769 bits per heavy atom. The molecule has 0 amide bonds. The molecule has 0 bridgehead atoms. The van der Waals surface area contributed by atoms with Gasteiger partial charge in [0.05, 0.1) is 0 Å². The van der Waals surface area contributed by atoms with E-state index in [9.17, 15) is 9.13 Å². The van der Waals surface area contributed by atoms with Gasteiger partial charge in [-0.2, -0.15) is 0 Å². The third kappa shape index (κ3) is 15.7. The van der Waals surface area contributed by atoms with Crippen LogP contribution in [0.5, 0.6) is 0 Å². The van der Waals surface area contributed by atoms with Gasteiger partial charge >= 0.3 is 34.7 Å². The first-order chi connectivity index (χ1) is 5.21. The van der Waals surface area contributed by atoms with Crippen molar-refractivity contribution in [1.29, 1.82) is 0 Å². The van der Waals surface area contributed by atoms with Crippen LogP contribution in [-0.4, -0.2) is 31.9 Å². The van der Waals surface area contributed by atoms with Crippen molar-refractivity contribution in [3.8, 4) is 0 Å². The standard InChI is InChI=1S/C4H12O6P2.Zn/c5-11(6,7)3-1-2-4-12(8,9)10;/h1-4H2,(H2,5,6,7)(H2,8,9,10);/q;+2. The van der Waals surface area contributed by atoms with E-state index in [4.69, 9.17) is 19.6 Å². The van der Waals surface area contributed by atoms with Crippen LogP contribution in [0.3, 0.4) is 0 Å². The Labute approximate surface area is 88.8 Å². The summed E-state index contributed by atoms with van der Waals surface area (Å²) in [7, 11) is -8.00. The summed E-state index contributed by atoms with van der Waals surface area (Å²) < 4.78 is 20.5. The molecule has 0 unspecified atom stereocenters. The summed E-state index contributed by atoms with van der Waals surface area (Å²) in [4.78, 5) is 33.5. The van der Waals surface area contributed by atoms with Crippen LogP contribution in [0.1, 0.15) is 12.8 Å². The summed E-state index contributed by atoms with van der Waals surface area (Å²) in [5.74, 6) is 0. The van der Waals surface area contributed by atoms with Gasteiger partial charge in [0.15, 0.2) is 0 Å². The fraction of sp³-hybridized carbons (Fsp3) is 1.00. The smallest absolute Gasteiger partial charge is 0.324 e. The third-order valence-corrected chi connectivity index (χ3v) is 2.95. The van der Waals surface area contributed by atoms with E-state index in [-0.39, 0.29) is 44.6 Å². The maximum Gasteiger partial charge on any atom is 2.00 e. The molecular formula is C4H12O6P2Zn+2. The molecule has 0 aromatic heterocycles.